The molecule has 0 rings (SSSR count). The van der Waals surface area contributed by atoms with Crippen molar-refractivity contribution in [2.45, 2.75) is 39.3 Å². The third kappa shape index (κ3) is 5.32. The van der Waals surface area contributed by atoms with Crippen molar-refractivity contribution in [3.8, 4) is 0 Å². The molecule has 16 heavy (non-hydrogen) atoms. The molecule has 0 bridgehead atoms. The maximum Gasteiger partial charge on any atom is 0.328 e. The number of amides is 1. The van der Waals surface area contributed by atoms with Gasteiger partial charge in [-0.15, -0.1) is 12.4 Å². The Hall–Kier alpha value is -0.810. The second kappa shape index (κ2) is 8.35. The van der Waals surface area contributed by atoms with Crippen molar-refractivity contribution >= 4 is 24.3 Å². The van der Waals surface area contributed by atoms with Gasteiger partial charge in [0.15, 0.2) is 0 Å². The van der Waals surface area contributed by atoms with E-state index in [4.69, 9.17) is 5.73 Å². The van der Waals surface area contributed by atoms with Crippen molar-refractivity contribution < 1.29 is 14.3 Å². The number of carbonyl (C=O) groups is 2. The van der Waals surface area contributed by atoms with Crippen molar-refractivity contribution in [1.82, 2.24) is 5.32 Å². The summed E-state index contributed by atoms with van der Waals surface area (Å²) in [6.07, 6.45) is 0.489. The van der Waals surface area contributed by atoms with Gasteiger partial charge in [0, 0.05) is 0 Å². The van der Waals surface area contributed by atoms with E-state index in [0.29, 0.717) is 6.42 Å². The number of hydrogen-bond acceptors (Lipinski definition) is 4. The van der Waals surface area contributed by atoms with Crippen LogP contribution in [0.25, 0.3) is 0 Å². The Bertz CT molecular complexity index is 234. The number of ether oxygens (including phenoxy) is 1. The third-order valence-electron chi connectivity index (χ3n) is 2.23. The summed E-state index contributed by atoms with van der Waals surface area (Å²) in [6, 6.07) is -1.20. The standard InChI is InChI=1S/C10H20N2O3.ClH/c1-5-7(10(14)15-4)12-9(13)8(11)6(2)3;/h6-8H,5,11H2,1-4H3,(H,12,13);1H/t7?,8-;/m0./s1. The molecule has 0 aromatic heterocycles. The molecule has 2 atom stereocenters. The van der Waals surface area contributed by atoms with Gasteiger partial charge < -0.3 is 15.8 Å². The lowest BCUT2D eigenvalue weighted by Gasteiger charge is -2.19. The summed E-state index contributed by atoms with van der Waals surface area (Å²) in [4.78, 5) is 22.7. The highest BCUT2D eigenvalue weighted by molar-refractivity contribution is 5.87. The van der Waals surface area contributed by atoms with Crippen molar-refractivity contribution in [3.05, 3.63) is 0 Å². The first-order valence-corrected chi connectivity index (χ1v) is 5.07. The van der Waals surface area contributed by atoms with Crippen molar-refractivity contribution in [1.29, 1.82) is 0 Å². The fourth-order valence-electron chi connectivity index (χ4n) is 1.04. The Morgan fingerprint density at radius 2 is 1.88 bits per heavy atom. The van der Waals surface area contributed by atoms with Gasteiger partial charge in [0.1, 0.15) is 6.04 Å². The highest BCUT2D eigenvalue weighted by Gasteiger charge is 2.24. The molecule has 0 aliphatic heterocycles. The van der Waals surface area contributed by atoms with Crippen LogP contribution in [0.4, 0.5) is 0 Å². The maximum atomic E-state index is 11.5. The molecule has 0 aliphatic rings. The minimum absolute atomic E-state index is 0. The fraction of sp³-hybridized carbons (Fsp3) is 0.800. The third-order valence-corrected chi connectivity index (χ3v) is 2.23. The fourth-order valence-corrected chi connectivity index (χ4v) is 1.04. The summed E-state index contributed by atoms with van der Waals surface area (Å²) in [6.45, 7) is 5.50. The van der Waals surface area contributed by atoms with Gasteiger partial charge in [0.2, 0.25) is 5.91 Å². The molecule has 0 saturated heterocycles. The molecule has 0 spiro atoms. The average molecular weight is 253 g/mol. The van der Waals surface area contributed by atoms with Crippen LogP contribution >= 0.6 is 12.4 Å². The van der Waals surface area contributed by atoms with Crippen LogP contribution in [-0.4, -0.2) is 31.1 Å². The van der Waals surface area contributed by atoms with E-state index in [1.165, 1.54) is 7.11 Å². The zero-order valence-corrected chi connectivity index (χ0v) is 11.0. The van der Waals surface area contributed by atoms with Crippen LogP contribution in [0, 0.1) is 5.92 Å². The topological polar surface area (TPSA) is 81.4 Å². The highest BCUT2D eigenvalue weighted by atomic mass is 35.5. The van der Waals surface area contributed by atoms with Crippen molar-refractivity contribution in [2.75, 3.05) is 7.11 Å². The molecular weight excluding hydrogens is 232 g/mol. The molecule has 0 aliphatic carbocycles. The number of halogens is 1. The van der Waals surface area contributed by atoms with E-state index in [1.807, 2.05) is 13.8 Å². The molecular formula is C10H21ClN2O3. The van der Waals surface area contributed by atoms with E-state index >= 15 is 0 Å². The van der Waals surface area contributed by atoms with Crippen LogP contribution in [0.3, 0.4) is 0 Å². The van der Waals surface area contributed by atoms with Crippen molar-refractivity contribution in [2.24, 2.45) is 11.7 Å². The molecule has 0 radical (unpaired) electrons. The number of carbonyl (C=O) groups excluding carboxylic acids is 2. The quantitative estimate of drug-likeness (QED) is 0.697. The number of nitrogens with one attached hydrogen (secondary N) is 1. The van der Waals surface area contributed by atoms with Gasteiger partial charge in [-0.2, -0.15) is 0 Å². The van der Waals surface area contributed by atoms with Crippen molar-refractivity contribution in [3.63, 3.8) is 0 Å². The predicted molar refractivity (Wildman–Crippen MR) is 64.3 cm³/mol. The molecule has 1 amide bonds. The van der Waals surface area contributed by atoms with Crippen LogP contribution in [0.1, 0.15) is 27.2 Å². The van der Waals surface area contributed by atoms with Crippen LogP contribution in [-0.2, 0) is 14.3 Å². The number of nitrogens with two attached hydrogens (primary N) is 1. The predicted octanol–water partition coefficient (Wildman–Crippen LogP) is 0.459. The molecule has 0 heterocycles. The van der Waals surface area contributed by atoms with Crippen LogP contribution in [0.5, 0.6) is 0 Å². The van der Waals surface area contributed by atoms with Gasteiger partial charge >= 0.3 is 5.97 Å². The van der Waals surface area contributed by atoms with Gasteiger partial charge in [-0.25, -0.2) is 4.79 Å². The summed E-state index contributed by atoms with van der Waals surface area (Å²) in [7, 11) is 1.29. The first-order chi connectivity index (χ1) is 6.93. The molecule has 0 fully saturated rings. The van der Waals surface area contributed by atoms with Gasteiger partial charge in [-0.3, -0.25) is 4.79 Å². The molecule has 0 saturated carbocycles. The summed E-state index contributed by atoms with van der Waals surface area (Å²) in [5.41, 5.74) is 5.64. The Balaban J connectivity index is 0. The Kier molecular flexibility index (Phi) is 9.18. The Morgan fingerprint density at radius 1 is 1.38 bits per heavy atom. The summed E-state index contributed by atoms with van der Waals surface area (Å²) in [5, 5.41) is 2.56. The van der Waals surface area contributed by atoms with E-state index in [9.17, 15) is 9.59 Å². The number of rotatable bonds is 5. The molecule has 5 nitrogen and oxygen atoms in total. The number of hydrogen-bond donors (Lipinski definition) is 2. The van der Waals surface area contributed by atoms with E-state index < -0.39 is 18.1 Å². The molecule has 96 valence electrons. The molecule has 0 aromatic carbocycles. The monoisotopic (exact) mass is 252 g/mol. The molecule has 3 N–H and O–H groups in total. The smallest absolute Gasteiger partial charge is 0.328 e. The van der Waals surface area contributed by atoms with Gasteiger partial charge in [0.05, 0.1) is 13.2 Å². The lowest BCUT2D eigenvalue weighted by atomic mass is 10.0. The summed E-state index contributed by atoms with van der Waals surface area (Å²) >= 11 is 0. The van der Waals surface area contributed by atoms with Gasteiger partial charge in [-0.05, 0) is 12.3 Å². The first-order valence-electron chi connectivity index (χ1n) is 5.07. The first kappa shape index (κ1) is 17.6. The highest BCUT2D eigenvalue weighted by Crippen LogP contribution is 2.00. The second-order valence-electron chi connectivity index (χ2n) is 3.76. The van der Waals surface area contributed by atoms with Crippen LogP contribution in [0.2, 0.25) is 0 Å². The molecule has 1 unspecified atom stereocenters. The average Bonchev–Trinajstić information content (AvgIpc) is 2.22. The van der Waals surface area contributed by atoms with E-state index in [0.717, 1.165) is 0 Å². The molecule has 6 heteroatoms. The lowest BCUT2D eigenvalue weighted by molar-refractivity contribution is -0.145. The van der Waals surface area contributed by atoms with E-state index in [1.54, 1.807) is 6.92 Å². The number of esters is 1. The minimum Gasteiger partial charge on any atom is -0.467 e. The summed E-state index contributed by atoms with van der Waals surface area (Å²) in [5.74, 6) is -0.718. The Labute approximate surface area is 103 Å². The van der Waals surface area contributed by atoms with Crippen LogP contribution in [0.15, 0.2) is 0 Å². The number of methoxy groups -OCH3 is 1. The largest absolute Gasteiger partial charge is 0.467 e. The summed E-state index contributed by atoms with van der Waals surface area (Å²) < 4.78 is 4.55. The van der Waals surface area contributed by atoms with Gasteiger partial charge in [0.25, 0.3) is 0 Å². The lowest BCUT2D eigenvalue weighted by Crippen LogP contribution is -2.50. The second-order valence-corrected chi connectivity index (χ2v) is 3.76. The van der Waals surface area contributed by atoms with Crippen LogP contribution < -0.4 is 11.1 Å². The SMILES string of the molecule is CCC(NC(=O)[C@@H](N)C(C)C)C(=O)OC.Cl. The zero-order valence-electron chi connectivity index (χ0n) is 10.1. The van der Waals surface area contributed by atoms with E-state index in [2.05, 4.69) is 10.1 Å². The van der Waals surface area contributed by atoms with E-state index in [-0.39, 0.29) is 24.2 Å². The molecule has 0 aromatic rings. The van der Waals surface area contributed by atoms with Gasteiger partial charge in [-0.1, -0.05) is 20.8 Å². The zero-order chi connectivity index (χ0) is 12.0. The minimum atomic E-state index is -0.604. The maximum absolute atomic E-state index is 11.5. The normalized spacial score (nSPS) is 13.6. The Morgan fingerprint density at radius 3 is 2.19 bits per heavy atom.